The highest BCUT2D eigenvalue weighted by Gasteiger charge is 2.04. The van der Waals surface area contributed by atoms with E-state index in [0.717, 1.165) is 29.9 Å². The minimum Gasteiger partial charge on any atom is -0.508 e. The number of hydrogen-bond donors (Lipinski definition) is 2. The Morgan fingerprint density at radius 3 is 2.94 bits per heavy atom. The van der Waals surface area contributed by atoms with Gasteiger partial charge in [-0.1, -0.05) is 19.1 Å². The standard InChI is InChI=1S/C14H19N3O/c1-3-7-17-10-14(11(2)16-17)15-9-12-5-4-6-13(18)8-12/h4-6,8,10,15,18H,3,7,9H2,1-2H3. The molecule has 0 saturated heterocycles. The molecule has 4 heteroatoms. The van der Waals surface area contributed by atoms with Crippen LogP contribution in [0.15, 0.2) is 30.5 Å². The Morgan fingerprint density at radius 2 is 2.22 bits per heavy atom. The molecule has 1 aromatic heterocycles. The highest BCUT2D eigenvalue weighted by atomic mass is 16.3. The molecule has 2 N–H and O–H groups in total. The van der Waals surface area contributed by atoms with Crippen molar-refractivity contribution in [3.63, 3.8) is 0 Å². The molecule has 0 amide bonds. The van der Waals surface area contributed by atoms with E-state index in [9.17, 15) is 5.11 Å². The van der Waals surface area contributed by atoms with E-state index in [1.54, 1.807) is 12.1 Å². The number of aryl methyl sites for hydroxylation is 2. The van der Waals surface area contributed by atoms with E-state index >= 15 is 0 Å². The lowest BCUT2D eigenvalue weighted by Crippen LogP contribution is -1.99. The molecule has 2 rings (SSSR count). The SMILES string of the molecule is CCCn1cc(NCc2cccc(O)c2)c(C)n1. The van der Waals surface area contributed by atoms with Crippen LogP contribution in [-0.4, -0.2) is 14.9 Å². The number of phenolic OH excluding ortho intramolecular Hbond substituents is 1. The maximum Gasteiger partial charge on any atom is 0.115 e. The minimum absolute atomic E-state index is 0.299. The van der Waals surface area contributed by atoms with E-state index < -0.39 is 0 Å². The summed E-state index contributed by atoms with van der Waals surface area (Å²) in [5, 5.41) is 17.2. The molecule has 96 valence electrons. The number of hydrogen-bond acceptors (Lipinski definition) is 3. The second-order valence-corrected chi connectivity index (χ2v) is 4.41. The van der Waals surface area contributed by atoms with Crippen LogP contribution in [0.25, 0.3) is 0 Å². The number of phenols is 1. The third kappa shape index (κ3) is 3.03. The van der Waals surface area contributed by atoms with Crippen LogP contribution in [0.4, 0.5) is 5.69 Å². The molecule has 0 aliphatic rings. The molecule has 0 atom stereocenters. The maximum absolute atomic E-state index is 9.39. The molecule has 0 unspecified atom stereocenters. The molecule has 0 aliphatic carbocycles. The van der Waals surface area contributed by atoms with Crippen molar-refractivity contribution < 1.29 is 5.11 Å². The topological polar surface area (TPSA) is 50.1 Å². The van der Waals surface area contributed by atoms with Crippen molar-refractivity contribution in [2.75, 3.05) is 5.32 Å². The van der Waals surface area contributed by atoms with Gasteiger partial charge in [0.2, 0.25) is 0 Å². The van der Waals surface area contributed by atoms with Gasteiger partial charge in [-0.25, -0.2) is 0 Å². The maximum atomic E-state index is 9.39. The first kappa shape index (κ1) is 12.5. The fourth-order valence-electron chi connectivity index (χ4n) is 1.90. The van der Waals surface area contributed by atoms with E-state index in [1.807, 2.05) is 29.9 Å². The minimum atomic E-state index is 0.299. The Hall–Kier alpha value is -1.97. The van der Waals surface area contributed by atoms with Crippen LogP contribution in [0, 0.1) is 6.92 Å². The summed E-state index contributed by atoms with van der Waals surface area (Å²) >= 11 is 0. The molecule has 0 saturated carbocycles. The van der Waals surface area contributed by atoms with Crippen LogP contribution in [0.5, 0.6) is 5.75 Å². The fourth-order valence-corrected chi connectivity index (χ4v) is 1.90. The molecule has 0 aliphatic heterocycles. The van der Waals surface area contributed by atoms with Crippen LogP contribution in [0.2, 0.25) is 0 Å². The van der Waals surface area contributed by atoms with E-state index in [0.29, 0.717) is 12.3 Å². The van der Waals surface area contributed by atoms with E-state index in [-0.39, 0.29) is 0 Å². The number of nitrogens with one attached hydrogen (secondary N) is 1. The molecule has 0 radical (unpaired) electrons. The highest BCUT2D eigenvalue weighted by Crippen LogP contribution is 2.16. The zero-order valence-electron chi connectivity index (χ0n) is 10.8. The summed E-state index contributed by atoms with van der Waals surface area (Å²) in [5.41, 5.74) is 3.10. The van der Waals surface area contributed by atoms with Gasteiger partial charge in [0.05, 0.1) is 11.4 Å². The molecule has 1 aromatic carbocycles. The smallest absolute Gasteiger partial charge is 0.115 e. The normalized spacial score (nSPS) is 10.6. The Morgan fingerprint density at radius 1 is 1.39 bits per heavy atom. The lowest BCUT2D eigenvalue weighted by Gasteiger charge is -2.05. The van der Waals surface area contributed by atoms with Gasteiger partial charge < -0.3 is 10.4 Å². The zero-order chi connectivity index (χ0) is 13.0. The van der Waals surface area contributed by atoms with E-state index in [4.69, 9.17) is 0 Å². The van der Waals surface area contributed by atoms with Gasteiger partial charge in [0.15, 0.2) is 0 Å². The first-order valence-electron chi connectivity index (χ1n) is 6.25. The Balaban J connectivity index is 2.01. The predicted molar refractivity (Wildman–Crippen MR) is 72.7 cm³/mol. The monoisotopic (exact) mass is 245 g/mol. The summed E-state index contributed by atoms with van der Waals surface area (Å²) in [6.07, 6.45) is 3.11. The van der Waals surface area contributed by atoms with Gasteiger partial charge in [0, 0.05) is 19.3 Å². The first-order valence-corrected chi connectivity index (χ1v) is 6.25. The van der Waals surface area contributed by atoms with Gasteiger partial charge in [0.1, 0.15) is 5.75 Å². The second-order valence-electron chi connectivity index (χ2n) is 4.41. The lowest BCUT2D eigenvalue weighted by molar-refractivity contribution is 0.474. The summed E-state index contributed by atoms with van der Waals surface area (Å²) in [7, 11) is 0. The third-order valence-corrected chi connectivity index (χ3v) is 2.79. The number of anilines is 1. The highest BCUT2D eigenvalue weighted by molar-refractivity contribution is 5.46. The van der Waals surface area contributed by atoms with Crippen molar-refractivity contribution in [1.82, 2.24) is 9.78 Å². The Bertz CT molecular complexity index is 520. The summed E-state index contributed by atoms with van der Waals surface area (Å²) in [6, 6.07) is 7.27. The van der Waals surface area contributed by atoms with Gasteiger partial charge in [-0.3, -0.25) is 4.68 Å². The fraction of sp³-hybridized carbons (Fsp3) is 0.357. The van der Waals surface area contributed by atoms with Gasteiger partial charge in [0.25, 0.3) is 0 Å². The second kappa shape index (κ2) is 5.58. The zero-order valence-corrected chi connectivity index (χ0v) is 10.8. The molecular weight excluding hydrogens is 226 g/mol. The van der Waals surface area contributed by atoms with Crippen molar-refractivity contribution in [2.45, 2.75) is 33.4 Å². The van der Waals surface area contributed by atoms with Gasteiger partial charge in [-0.05, 0) is 31.0 Å². The predicted octanol–water partition coefficient (Wildman–Crippen LogP) is 2.92. The van der Waals surface area contributed by atoms with E-state index in [2.05, 4.69) is 17.3 Å². The van der Waals surface area contributed by atoms with Crippen molar-refractivity contribution >= 4 is 5.69 Å². The number of aromatic hydroxyl groups is 1. The van der Waals surface area contributed by atoms with Crippen molar-refractivity contribution in [3.8, 4) is 5.75 Å². The summed E-state index contributed by atoms with van der Waals surface area (Å²) < 4.78 is 1.96. The van der Waals surface area contributed by atoms with Gasteiger partial charge >= 0.3 is 0 Å². The van der Waals surface area contributed by atoms with Gasteiger partial charge in [-0.2, -0.15) is 5.10 Å². The molecule has 0 spiro atoms. The van der Waals surface area contributed by atoms with Crippen molar-refractivity contribution in [2.24, 2.45) is 0 Å². The number of aromatic nitrogens is 2. The molecule has 18 heavy (non-hydrogen) atoms. The molecule has 4 nitrogen and oxygen atoms in total. The van der Waals surface area contributed by atoms with Crippen molar-refractivity contribution in [3.05, 3.63) is 41.7 Å². The Kier molecular flexibility index (Phi) is 3.87. The molecule has 2 aromatic rings. The van der Waals surface area contributed by atoms with Crippen LogP contribution in [0.1, 0.15) is 24.6 Å². The van der Waals surface area contributed by atoms with Crippen LogP contribution in [-0.2, 0) is 13.1 Å². The number of benzene rings is 1. The summed E-state index contributed by atoms with van der Waals surface area (Å²) in [4.78, 5) is 0. The average molecular weight is 245 g/mol. The summed E-state index contributed by atoms with van der Waals surface area (Å²) in [5.74, 6) is 0.299. The van der Waals surface area contributed by atoms with Crippen LogP contribution >= 0.6 is 0 Å². The number of nitrogens with zero attached hydrogens (tertiary/aromatic N) is 2. The Labute approximate surface area is 107 Å². The molecule has 0 bridgehead atoms. The summed E-state index contributed by atoms with van der Waals surface area (Å²) in [6.45, 7) is 5.76. The van der Waals surface area contributed by atoms with E-state index in [1.165, 1.54) is 0 Å². The van der Waals surface area contributed by atoms with Gasteiger partial charge in [-0.15, -0.1) is 0 Å². The number of rotatable bonds is 5. The third-order valence-electron chi connectivity index (χ3n) is 2.79. The average Bonchev–Trinajstić information content (AvgIpc) is 2.68. The largest absolute Gasteiger partial charge is 0.508 e. The quantitative estimate of drug-likeness (QED) is 0.851. The molecular formula is C14H19N3O. The lowest BCUT2D eigenvalue weighted by atomic mass is 10.2. The van der Waals surface area contributed by atoms with Crippen LogP contribution < -0.4 is 5.32 Å². The molecule has 0 fully saturated rings. The first-order chi connectivity index (χ1) is 8.69. The van der Waals surface area contributed by atoms with Crippen LogP contribution in [0.3, 0.4) is 0 Å². The van der Waals surface area contributed by atoms with Crippen molar-refractivity contribution in [1.29, 1.82) is 0 Å². The molecule has 1 heterocycles.